The molecule has 1 rings (SSSR count). The molecule has 0 spiro atoms. The summed E-state index contributed by atoms with van der Waals surface area (Å²) in [4.78, 5) is 6.85. The van der Waals surface area contributed by atoms with Gasteiger partial charge in [-0.3, -0.25) is 0 Å². The van der Waals surface area contributed by atoms with E-state index in [2.05, 4.69) is 23.7 Å². The van der Waals surface area contributed by atoms with Crippen molar-refractivity contribution in [2.24, 2.45) is 10.7 Å². The molecule has 15 heavy (non-hydrogen) atoms. The summed E-state index contributed by atoms with van der Waals surface area (Å²) < 4.78 is 0. The summed E-state index contributed by atoms with van der Waals surface area (Å²) >= 11 is 0. The number of aliphatic imine (C=N–C) groups is 1. The summed E-state index contributed by atoms with van der Waals surface area (Å²) in [6.07, 6.45) is 7.38. The Balaban J connectivity index is 2.48. The first-order chi connectivity index (χ1) is 7.27. The van der Waals surface area contributed by atoms with Crippen LogP contribution in [0.15, 0.2) is 4.99 Å². The Bertz CT molecular complexity index is 189. The van der Waals surface area contributed by atoms with Crippen LogP contribution in [0.1, 0.15) is 52.4 Å². The summed E-state index contributed by atoms with van der Waals surface area (Å²) in [6, 6.07) is 0.501. The van der Waals surface area contributed by atoms with Crippen LogP contribution < -0.4 is 5.73 Å². The summed E-state index contributed by atoms with van der Waals surface area (Å²) in [5.74, 6) is 0.769. The molecule has 88 valence electrons. The number of nitrogens with zero attached hydrogens (tertiary/aromatic N) is 2. The molecule has 0 bridgehead atoms. The average Bonchev–Trinajstić information content (AvgIpc) is 2.70. The van der Waals surface area contributed by atoms with Gasteiger partial charge in [0, 0.05) is 13.1 Å². The summed E-state index contributed by atoms with van der Waals surface area (Å²) in [7, 11) is 0. The second kappa shape index (κ2) is 6.70. The van der Waals surface area contributed by atoms with E-state index in [9.17, 15) is 0 Å². The largest absolute Gasteiger partial charge is 0.370 e. The number of rotatable bonds is 5. The second-order valence-corrected chi connectivity index (χ2v) is 4.41. The smallest absolute Gasteiger partial charge is 0.191 e. The monoisotopic (exact) mass is 211 g/mol. The van der Waals surface area contributed by atoms with E-state index in [4.69, 9.17) is 5.73 Å². The van der Waals surface area contributed by atoms with E-state index in [1.165, 1.54) is 25.7 Å². The zero-order chi connectivity index (χ0) is 11.1. The van der Waals surface area contributed by atoms with Gasteiger partial charge in [0.25, 0.3) is 0 Å². The molecule has 1 aliphatic rings. The number of hydrogen-bond acceptors (Lipinski definition) is 1. The Labute approximate surface area is 93.7 Å². The van der Waals surface area contributed by atoms with Gasteiger partial charge in [-0.15, -0.1) is 0 Å². The Hall–Kier alpha value is -0.730. The molecule has 2 N–H and O–H groups in total. The van der Waals surface area contributed by atoms with Crippen molar-refractivity contribution in [3.8, 4) is 0 Å². The molecular formula is C12H25N3. The van der Waals surface area contributed by atoms with Gasteiger partial charge >= 0.3 is 0 Å². The Morgan fingerprint density at radius 3 is 2.20 bits per heavy atom. The van der Waals surface area contributed by atoms with Crippen molar-refractivity contribution in [2.75, 3.05) is 13.1 Å². The molecule has 0 amide bonds. The van der Waals surface area contributed by atoms with E-state index in [0.717, 1.165) is 31.9 Å². The van der Waals surface area contributed by atoms with Crippen LogP contribution in [0.25, 0.3) is 0 Å². The maximum Gasteiger partial charge on any atom is 0.191 e. The molecule has 0 aromatic carbocycles. The summed E-state index contributed by atoms with van der Waals surface area (Å²) in [5.41, 5.74) is 6.05. The van der Waals surface area contributed by atoms with Crippen LogP contribution in [0.5, 0.6) is 0 Å². The first-order valence-electron chi connectivity index (χ1n) is 6.36. The fourth-order valence-electron chi connectivity index (χ4n) is 2.18. The summed E-state index contributed by atoms with van der Waals surface area (Å²) in [6.45, 7) is 6.45. The predicted molar refractivity (Wildman–Crippen MR) is 66.0 cm³/mol. The van der Waals surface area contributed by atoms with E-state index >= 15 is 0 Å². The van der Waals surface area contributed by atoms with Crippen LogP contribution in [0.4, 0.5) is 0 Å². The highest BCUT2D eigenvalue weighted by atomic mass is 15.2. The molecule has 0 aliphatic heterocycles. The zero-order valence-corrected chi connectivity index (χ0v) is 10.2. The average molecular weight is 211 g/mol. The van der Waals surface area contributed by atoms with Crippen LogP contribution in [0.3, 0.4) is 0 Å². The third-order valence-electron chi connectivity index (χ3n) is 2.95. The molecule has 0 atom stereocenters. The van der Waals surface area contributed by atoms with Crippen molar-refractivity contribution < 1.29 is 0 Å². The number of nitrogens with two attached hydrogens (primary N) is 1. The van der Waals surface area contributed by atoms with Crippen LogP contribution in [0.2, 0.25) is 0 Å². The van der Waals surface area contributed by atoms with Crippen molar-refractivity contribution in [1.82, 2.24) is 4.90 Å². The molecule has 3 heteroatoms. The minimum absolute atomic E-state index is 0.501. The highest BCUT2D eigenvalue weighted by Crippen LogP contribution is 2.20. The number of hydrogen-bond donors (Lipinski definition) is 1. The molecule has 0 heterocycles. The molecule has 0 aromatic heterocycles. The molecule has 0 aromatic rings. The Morgan fingerprint density at radius 1 is 1.20 bits per heavy atom. The van der Waals surface area contributed by atoms with Crippen molar-refractivity contribution in [1.29, 1.82) is 0 Å². The van der Waals surface area contributed by atoms with Crippen molar-refractivity contribution in [3.63, 3.8) is 0 Å². The van der Waals surface area contributed by atoms with Gasteiger partial charge in [-0.25, -0.2) is 4.99 Å². The van der Waals surface area contributed by atoms with Gasteiger partial charge in [0.15, 0.2) is 5.96 Å². The van der Waals surface area contributed by atoms with Gasteiger partial charge in [0.1, 0.15) is 0 Å². The maximum atomic E-state index is 6.05. The predicted octanol–water partition coefficient (Wildman–Crippen LogP) is 2.37. The SMILES string of the molecule is CCCN(CCC)C(N)=NC1CCCC1. The van der Waals surface area contributed by atoms with E-state index in [1.54, 1.807) is 0 Å². The zero-order valence-electron chi connectivity index (χ0n) is 10.2. The normalized spacial score (nSPS) is 18.4. The highest BCUT2D eigenvalue weighted by molar-refractivity contribution is 5.78. The van der Waals surface area contributed by atoms with Gasteiger partial charge < -0.3 is 10.6 Å². The lowest BCUT2D eigenvalue weighted by molar-refractivity contribution is 0.408. The fourth-order valence-corrected chi connectivity index (χ4v) is 2.18. The molecule has 0 radical (unpaired) electrons. The van der Waals surface area contributed by atoms with Crippen LogP contribution in [-0.4, -0.2) is 30.0 Å². The lowest BCUT2D eigenvalue weighted by atomic mass is 10.3. The van der Waals surface area contributed by atoms with Gasteiger partial charge in [0.2, 0.25) is 0 Å². The molecule has 3 nitrogen and oxygen atoms in total. The van der Waals surface area contributed by atoms with E-state index in [0.29, 0.717) is 6.04 Å². The maximum absolute atomic E-state index is 6.05. The second-order valence-electron chi connectivity index (χ2n) is 4.41. The first-order valence-corrected chi connectivity index (χ1v) is 6.36. The third kappa shape index (κ3) is 4.10. The van der Waals surface area contributed by atoms with Crippen LogP contribution in [0, 0.1) is 0 Å². The van der Waals surface area contributed by atoms with Gasteiger partial charge in [0.05, 0.1) is 6.04 Å². The number of guanidine groups is 1. The lowest BCUT2D eigenvalue weighted by Crippen LogP contribution is -2.39. The van der Waals surface area contributed by atoms with Crippen molar-refractivity contribution in [3.05, 3.63) is 0 Å². The third-order valence-corrected chi connectivity index (χ3v) is 2.95. The highest BCUT2D eigenvalue weighted by Gasteiger charge is 2.15. The lowest BCUT2D eigenvalue weighted by Gasteiger charge is -2.23. The minimum Gasteiger partial charge on any atom is -0.370 e. The van der Waals surface area contributed by atoms with Gasteiger partial charge in [-0.05, 0) is 25.7 Å². The quantitative estimate of drug-likeness (QED) is 0.560. The summed E-state index contributed by atoms with van der Waals surface area (Å²) in [5, 5.41) is 0. The first kappa shape index (κ1) is 12.3. The molecule has 1 saturated carbocycles. The van der Waals surface area contributed by atoms with Crippen LogP contribution >= 0.6 is 0 Å². The van der Waals surface area contributed by atoms with E-state index in [-0.39, 0.29) is 0 Å². The van der Waals surface area contributed by atoms with E-state index in [1.807, 2.05) is 0 Å². The van der Waals surface area contributed by atoms with Gasteiger partial charge in [-0.2, -0.15) is 0 Å². The van der Waals surface area contributed by atoms with Crippen molar-refractivity contribution >= 4 is 5.96 Å². The molecule has 0 saturated heterocycles. The molecular weight excluding hydrogens is 186 g/mol. The Morgan fingerprint density at radius 2 is 1.73 bits per heavy atom. The topological polar surface area (TPSA) is 41.6 Å². The standard InChI is InChI=1S/C12H25N3/c1-3-9-15(10-4-2)12(13)14-11-7-5-6-8-11/h11H,3-10H2,1-2H3,(H2,13,14). The van der Waals surface area contributed by atoms with Crippen molar-refractivity contribution in [2.45, 2.75) is 58.4 Å². The Kier molecular flexibility index (Phi) is 5.51. The minimum atomic E-state index is 0.501. The van der Waals surface area contributed by atoms with E-state index < -0.39 is 0 Å². The van der Waals surface area contributed by atoms with Crippen LogP contribution in [-0.2, 0) is 0 Å². The van der Waals surface area contributed by atoms with Gasteiger partial charge in [-0.1, -0.05) is 26.7 Å². The molecule has 0 unspecified atom stereocenters. The molecule has 1 aliphatic carbocycles. The fraction of sp³-hybridized carbons (Fsp3) is 0.917. The molecule has 1 fully saturated rings.